The van der Waals surface area contributed by atoms with E-state index in [0.29, 0.717) is 0 Å². The molecule has 0 spiro atoms. The molecule has 0 aromatic rings. The van der Waals surface area contributed by atoms with Crippen molar-refractivity contribution < 1.29 is 116 Å². The Kier molecular flexibility index (Phi) is 22.2. The average molecular weight is 407 g/mol. The number of halogens is 3. The third-order valence-corrected chi connectivity index (χ3v) is 3.59. The van der Waals surface area contributed by atoms with Crippen molar-refractivity contribution in [3.63, 3.8) is 0 Å². The van der Waals surface area contributed by atoms with Gasteiger partial charge in [0.25, 0.3) is 0 Å². The van der Waals surface area contributed by atoms with Gasteiger partial charge in [0.1, 0.15) is 0 Å². The summed E-state index contributed by atoms with van der Waals surface area (Å²) in [7, 11) is 15.9. The molecule has 0 aliphatic rings. The maximum Gasteiger partial charge on any atom is 1.00 e. The first-order valence-corrected chi connectivity index (χ1v) is 10.7. The van der Waals surface area contributed by atoms with Gasteiger partial charge in [-0.2, -0.15) is 0 Å². The summed E-state index contributed by atoms with van der Waals surface area (Å²) >= 11 is -2.80. The van der Waals surface area contributed by atoms with Crippen LogP contribution >= 0.6 is 28.3 Å². The molecule has 0 aliphatic carbocycles. The molecule has 0 rings (SSSR count). The van der Waals surface area contributed by atoms with E-state index in [1.54, 1.807) is 0 Å². The van der Waals surface area contributed by atoms with Gasteiger partial charge in [0.2, 0.25) is 0 Å². The molecule has 44 valence electrons. The van der Waals surface area contributed by atoms with Gasteiger partial charge in [-0.1, -0.05) is 0 Å². The quantitative estimate of drug-likeness (QED) is 0.402. The molecule has 0 heterocycles. The smallest absolute Gasteiger partial charge is 1.00 e. The fourth-order valence-electron chi connectivity index (χ4n) is 0. The molecule has 0 N–H and O–H groups in total. The Hall–Kier alpha value is 4.57. The summed E-state index contributed by atoms with van der Waals surface area (Å²) in [5.74, 6) is 0. The molecule has 0 bridgehead atoms. The van der Waals surface area contributed by atoms with Crippen LogP contribution in [0.1, 0.15) is 0 Å². The number of hydrogen-bond acceptors (Lipinski definition) is 0. The van der Waals surface area contributed by atoms with Gasteiger partial charge in [0.15, 0.2) is 0 Å². The van der Waals surface area contributed by atoms with Crippen LogP contribution in [0.4, 0.5) is 0 Å². The van der Waals surface area contributed by atoms with Gasteiger partial charge in [-0.05, 0) is 0 Å². The molecular weight excluding hydrogens is 404 g/mol. The third kappa shape index (κ3) is 16.9. The van der Waals surface area contributed by atoms with Crippen molar-refractivity contribution in [3.8, 4) is 0 Å². The predicted octanol–water partition coefficient (Wildman–Crippen LogP) is -3.25. The molecule has 0 saturated heterocycles. The van der Waals surface area contributed by atoms with Crippen molar-refractivity contribution >= 4 is 28.3 Å². The van der Waals surface area contributed by atoms with E-state index >= 15 is 0 Å². The summed E-state index contributed by atoms with van der Waals surface area (Å²) in [6.45, 7) is 3.32. The summed E-state index contributed by atoms with van der Waals surface area (Å²) in [4.78, 5) is 0. The monoisotopic (exact) mass is 405 g/mol. The average Bonchev–Trinajstić information content (AvgIpc) is 1.35. The molecule has 0 aliphatic heterocycles. The fraction of sp³-hybridized carbons (Fsp3) is 0. The second-order valence-electron chi connectivity index (χ2n) is 0.472. The molecular formula is C2H3Cl3K2Pt. The molecule has 0 aromatic heterocycles. The Morgan fingerprint density at radius 2 is 1.25 bits per heavy atom. The Labute approximate surface area is 150 Å². The number of rotatable bonds is 1. The van der Waals surface area contributed by atoms with E-state index in [4.69, 9.17) is 28.3 Å². The summed E-state index contributed by atoms with van der Waals surface area (Å²) in [5.41, 5.74) is 0. The van der Waals surface area contributed by atoms with Crippen LogP contribution in [0.5, 0.6) is 0 Å². The molecule has 0 fully saturated rings. The van der Waals surface area contributed by atoms with E-state index in [1.807, 2.05) is 0 Å². The van der Waals surface area contributed by atoms with Gasteiger partial charge in [-0.15, -0.1) is 0 Å². The molecule has 0 unspecified atom stereocenters. The second-order valence-corrected chi connectivity index (χ2v) is 16.1. The molecule has 8 heavy (non-hydrogen) atoms. The van der Waals surface area contributed by atoms with E-state index < -0.39 is 12.9 Å². The minimum absolute atomic E-state index is 0. The minimum Gasteiger partial charge on any atom is 1.00 e. The van der Waals surface area contributed by atoms with Crippen molar-refractivity contribution in [2.24, 2.45) is 0 Å². The van der Waals surface area contributed by atoms with Crippen LogP contribution < -0.4 is 103 Å². The molecule has 0 radical (unpaired) electrons. The Morgan fingerprint density at radius 3 is 1.25 bits per heavy atom. The van der Waals surface area contributed by atoms with Crippen molar-refractivity contribution in [3.05, 3.63) is 11.0 Å². The van der Waals surface area contributed by atoms with Crippen LogP contribution in [0.2, 0.25) is 0 Å². The first kappa shape index (κ1) is 18.4. The van der Waals surface area contributed by atoms with Crippen LogP contribution in [0.15, 0.2) is 11.0 Å². The maximum absolute atomic E-state index is 5.31. The van der Waals surface area contributed by atoms with Crippen molar-refractivity contribution in [1.29, 1.82) is 0 Å². The Morgan fingerprint density at radius 1 is 1.12 bits per heavy atom. The topological polar surface area (TPSA) is 0 Å². The first-order chi connectivity index (χ1) is 2.56. The predicted molar refractivity (Wildman–Crippen MR) is 27.8 cm³/mol. The summed E-state index contributed by atoms with van der Waals surface area (Å²) in [6.07, 6.45) is 0. The van der Waals surface area contributed by atoms with Crippen LogP contribution in [0.3, 0.4) is 0 Å². The van der Waals surface area contributed by atoms with E-state index in [0.717, 1.165) is 0 Å². The number of hydrogen-bond donors (Lipinski definition) is 0. The Balaban J connectivity index is -0.000000125. The largest absolute Gasteiger partial charge is 1.00 e. The van der Waals surface area contributed by atoms with Gasteiger partial charge in [-0.25, -0.2) is 0 Å². The molecule has 6 heteroatoms. The van der Waals surface area contributed by atoms with Crippen LogP contribution in [-0.2, 0) is 12.9 Å². The summed E-state index contributed by atoms with van der Waals surface area (Å²) < 4.78 is 1.41. The van der Waals surface area contributed by atoms with Crippen molar-refractivity contribution in [1.82, 2.24) is 0 Å². The molecule has 0 amide bonds. The molecule has 0 aromatic carbocycles. The van der Waals surface area contributed by atoms with Crippen LogP contribution in [0, 0.1) is 0 Å². The van der Waals surface area contributed by atoms with Gasteiger partial charge >= 0.3 is 155 Å². The minimum atomic E-state index is -2.80. The van der Waals surface area contributed by atoms with E-state index in [1.165, 1.54) is 4.47 Å². The van der Waals surface area contributed by atoms with Crippen molar-refractivity contribution in [2.75, 3.05) is 0 Å². The van der Waals surface area contributed by atoms with Crippen LogP contribution in [0.25, 0.3) is 0 Å². The standard InChI is InChI=1S/C2H3.3ClH.2K.Pt/c1-2;;;;;;/h1H,2H2;3*1H;;;/q;;;;3*+1/p-3. The van der Waals surface area contributed by atoms with E-state index in [-0.39, 0.29) is 103 Å². The zero-order valence-corrected chi connectivity index (χ0v) is 15.5. The second kappa shape index (κ2) is 9.66. The zero-order chi connectivity index (χ0) is 5.21. The van der Waals surface area contributed by atoms with Crippen LogP contribution in [-0.4, -0.2) is 0 Å². The van der Waals surface area contributed by atoms with Gasteiger partial charge < -0.3 is 0 Å². The molecule has 0 nitrogen and oxygen atoms in total. The third-order valence-electron chi connectivity index (χ3n) is 0.146. The molecule has 0 saturated carbocycles. The van der Waals surface area contributed by atoms with Crippen molar-refractivity contribution in [2.45, 2.75) is 0 Å². The normalized spacial score (nSPS) is 10.4. The Bertz CT molecular complexity index is 60.8. The first-order valence-electron chi connectivity index (χ1n) is 0.949. The van der Waals surface area contributed by atoms with Gasteiger partial charge in [-0.3, -0.25) is 0 Å². The summed E-state index contributed by atoms with van der Waals surface area (Å²) in [5, 5.41) is 0. The zero-order valence-electron chi connectivity index (χ0n) is 4.73. The maximum atomic E-state index is 5.31. The van der Waals surface area contributed by atoms with Gasteiger partial charge in [0, 0.05) is 0 Å². The molecule has 0 atom stereocenters. The summed E-state index contributed by atoms with van der Waals surface area (Å²) in [6, 6.07) is 0. The van der Waals surface area contributed by atoms with Gasteiger partial charge in [0.05, 0.1) is 0 Å². The van der Waals surface area contributed by atoms with E-state index in [2.05, 4.69) is 6.58 Å². The SMILES string of the molecule is C=[CH][Pt-2]([Cl])([Cl])[Cl].[K+].[K+]. The van der Waals surface area contributed by atoms with E-state index in [9.17, 15) is 0 Å². The fourth-order valence-corrected chi connectivity index (χ4v) is 0.